The van der Waals surface area contributed by atoms with Crippen LogP contribution in [0.3, 0.4) is 0 Å². The van der Waals surface area contributed by atoms with Crippen LogP contribution < -0.4 is 0 Å². The van der Waals surface area contributed by atoms with Crippen LogP contribution in [0.1, 0.15) is 11.1 Å². The zero-order chi connectivity index (χ0) is 12.0. The molecule has 0 bridgehead atoms. The molecule has 0 radical (unpaired) electrons. The van der Waals surface area contributed by atoms with Crippen LogP contribution in [0, 0.1) is 0 Å². The first-order valence-electron chi connectivity index (χ1n) is 5.91. The summed E-state index contributed by atoms with van der Waals surface area (Å²) >= 11 is 0. The van der Waals surface area contributed by atoms with Crippen LogP contribution in [0.2, 0.25) is 0 Å². The van der Waals surface area contributed by atoms with Gasteiger partial charge in [0.1, 0.15) is 5.60 Å². The minimum Gasteiger partial charge on any atom is -0.473 e. The fraction of sp³-hybridized carbons (Fsp3) is 0.133. The van der Waals surface area contributed by atoms with Crippen molar-refractivity contribution >= 4 is 10.9 Å². The van der Waals surface area contributed by atoms with E-state index < -0.39 is 5.60 Å². The first kappa shape index (κ1) is 9.85. The lowest BCUT2D eigenvalue weighted by atomic mass is 9.89. The normalized spacial score (nSPS) is 19.1. The maximum atomic E-state index is 5.97. The molecule has 3 heteroatoms. The van der Waals surface area contributed by atoms with Crippen molar-refractivity contribution in [3.05, 3.63) is 66.3 Å². The Labute approximate surface area is 104 Å². The Morgan fingerprint density at radius 3 is 2.83 bits per heavy atom. The Kier molecular flexibility index (Phi) is 1.88. The van der Waals surface area contributed by atoms with E-state index in [1.165, 1.54) is 5.56 Å². The van der Waals surface area contributed by atoms with Crippen molar-refractivity contribution in [1.29, 1.82) is 0 Å². The number of ether oxygens (including phenoxy) is 2. The Morgan fingerprint density at radius 1 is 1.11 bits per heavy atom. The van der Waals surface area contributed by atoms with Gasteiger partial charge in [-0.3, -0.25) is 4.98 Å². The van der Waals surface area contributed by atoms with Crippen molar-refractivity contribution in [1.82, 2.24) is 4.98 Å². The largest absolute Gasteiger partial charge is 0.473 e. The van der Waals surface area contributed by atoms with Crippen LogP contribution in [0.25, 0.3) is 10.9 Å². The van der Waals surface area contributed by atoms with E-state index in [9.17, 15) is 0 Å². The molecule has 88 valence electrons. The summed E-state index contributed by atoms with van der Waals surface area (Å²) in [5.74, 6) is 0. The van der Waals surface area contributed by atoms with Gasteiger partial charge in [-0.25, -0.2) is 0 Å². The van der Waals surface area contributed by atoms with E-state index in [2.05, 4.69) is 11.1 Å². The van der Waals surface area contributed by atoms with Crippen molar-refractivity contribution in [2.45, 2.75) is 12.2 Å². The zero-order valence-corrected chi connectivity index (χ0v) is 9.67. The molecular weight excluding hydrogens is 226 g/mol. The molecule has 1 aromatic carbocycles. The van der Waals surface area contributed by atoms with E-state index in [4.69, 9.17) is 9.47 Å². The molecule has 0 amide bonds. The summed E-state index contributed by atoms with van der Waals surface area (Å²) in [6.07, 6.45) is 9.15. The van der Waals surface area contributed by atoms with E-state index in [1.54, 1.807) is 12.5 Å². The molecule has 0 saturated carbocycles. The molecule has 0 saturated heterocycles. The molecule has 1 spiro atoms. The fourth-order valence-corrected chi connectivity index (χ4v) is 2.67. The highest BCUT2D eigenvalue weighted by Crippen LogP contribution is 2.43. The maximum Gasteiger partial charge on any atom is 0.137 e. The molecule has 2 aliphatic rings. The Bertz CT molecular complexity index is 676. The average Bonchev–Trinajstić information content (AvgIpc) is 2.79. The number of benzene rings is 1. The van der Waals surface area contributed by atoms with E-state index in [0.717, 1.165) is 16.5 Å². The van der Waals surface area contributed by atoms with E-state index in [0.29, 0.717) is 6.61 Å². The predicted molar refractivity (Wildman–Crippen MR) is 67.6 cm³/mol. The third-order valence-electron chi connectivity index (χ3n) is 3.50. The van der Waals surface area contributed by atoms with Gasteiger partial charge in [-0.1, -0.05) is 18.2 Å². The molecule has 2 aromatic rings. The highest BCUT2D eigenvalue weighted by atomic mass is 16.5. The third-order valence-corrected chi connectivity index (χ3v) is 3.50. The van der Waals surface area contributed by atoms with Gasteiger partial charge in [-0.2, -0.15) is 0 Å². The number of rotatable bonds is 0. The smallest absolute Gasteiger partial charge is 0.137 e. The Morgan fingerprint density at radius 2 is 1.94 bits per heavy atom. The summed E-state index contributed by atoms with van der Waals surface area (Å²) in [6, 6.07) is 8.14. The molecule has 18 heavy (non-hydrogen) atoms. The topological polar surface area (TPSA) is 31.4 Å². The molecule has 0 fully saturated rings. The lowest BCUT2D eigenvalue weighted by molar-refractivity contribution is 0.0329. The number of hydrogen-bond donors (Lipinski definition) is 0. The minimum absolute atomic E-state index is 0.490. The Hall–Kier alpha value is -2.13. The first-order valence-corrected chi connectivity index (χ1v) is 5.91. The summed E-state index contributed by atoms with van der Waals surface area (Å²) in [6.45, 7) is 0.585. The van der Waals surface area contributed by atoms with Gasteiger partial charge in [-0.15, -0.1) is 0 Å². The molecule has 0 unspecified atom stereocenters. The minimum atomic E-state index is -0.490. The number of nitrogens with zero attached hydrogens (tertiary/aromatic N) is 1. The second-order valence-corrected chi connectivity index (χ2v) is 4.50. The third kappa shape index (κ3) is 1.19. The zero-order valence-electron chi connectivity index (χ0n) is 9.67. The van der Waals surface area contributed by atoms with E-state index >= 15 is 0 Å². The van der Waals surface area contributed by atoms with Crippen LogP contribution in [0.4, 0.5) is 0 Å². The van der Waals surface area contributed by atoms with Gasteiger partial charge in [0.05, 0.1) is 24.6 Å². The second-order valence-electron chi connectivity index (χ2n) is 4.50. The first-order chi connectivity index (χ1) is 8.89. The quantitative estimate of drug-likeness (QED) is 0.705. The maximum absolute atomic E-state index is 5.97. The molecule has 4 rings (SSSR count). The van der Waals surface area contributed by atoms with Gasteiger partial charge in [0.2, 0.25) is 0 Å². The molecular formula is C15H11NO2. The summed E-state index contributed by atoms with van der Waals surface area (Å²) < 4.78 is 11.1. The summed E-state index contributed by atoms with van der Waals surface area (Å²) in [7, 11) is 0. The molecule has 3 heterocycles. The standard InChI is InChI=1S/C15H11NO2/c1-2-4-13-12(3-1)14-11(9-16-13)10-18-15(14)5-7-17-8-6-15/h1-9H,10H2. The lowest BCUT2D eigenvalue weighted by Crippen LogP contribution is -2.21. The number of hydrogen-bond acceptors (Lipinski definition) is 3. The van der Waals surface area contributed by atoms with Crippen molar-refractivity contribution in [3.8, 4) is 0 Å². The van der Waals surface area contributed by atoms with E-state index in [-0.39, 0.29) is 0 Å². The van der Waals surface area contributed by atoms with Gasteiger partial charge in [-0.05, 0) is 18.2 Å². The van der Waals surface area contributed by atoms with Crippen molar-refractivity contribution in [2.75, 3.05) is 0 Å². The molecule has 0 N–H and O–H groups in total. The number of pyridine rings is 1. The average molecular weight is 237 g/mol. The molecule has 3 nitrogen and oxygen atoms in total. The molecule has 0 aliphatic carbocycles. The fourth-order valence-electron chi connectivity index (χ4n) is 2.67. The van der Waals surface area contributed by atoms with E-state index in [1.807, 2.05) is 36.5 Å². The van der Waals surface area contributed by atoms with Crippen molar-refractivity contribution < 1.29 is 9.47 Å². The number of aromatic nitrogens is 1. The highest BCUT2D eigenvalue weighted by Gasteiger charge is 2.38. The second kappa shape index (κ2) is 3.43. The van der Waals surface area contributed by atoms with Gasteiger partial charge in [0, 0.05) is 22.7 Å². The summed E-state index contributed by atoms with van der Waals surface area (Å²) in [5, 5.41) is 1.14. The van der Waals surface area contributed by atoms with Crippen LogP contribution >= 0.6 is 0 Å². The molecule has 2 aliphatic heterocycles. The molecule has 1 aromatic heterocycles. The van der Waals surface area contributed by atoms with Crippen LogP contribution in [0.5, 0.6) is 0 Å². The monoisotopic (exact) mass is 237 g/mol. The number of fused-ring (bicyclic) bond motifs is 4. The predicted octanol–water partition coefficient (Wildman–Crippen LogP) is 3.02. The highest BCUT2D eigenvalue weighted by molar-refractivity contribution is 5.85. The van der Waals surface area contributed by atoms with Gasteiger partial charge < -0.3 is 9.47 Å². The van der Waals surface area contributed by atoms with Crippen molar-refractivity contribution in [3.63, 3.8) is 0 Å². The molecule has 0 atom stereocenters. The number of para-hydroxylation sites is 1. The van der Waals surface area contributed by atoms with Crippen molar-refractivity contribution in [2.24, 2.45) is 0 Å². The summed E-state index contributed by atoms with van der Waals surface area (Å²) in [4.78, 5) is 4.47. The van der Waals surface area contributed by atoms with Crippen LogP contribution in [-0.2, 0) is 21.7 Å². The van der Waals surface area contributed by atoms with Gasteiger partial charge in [0.15, 0.2) is 0 Å². The Balaban J connectivity index is 2.08. The SMILES string of the molecule is C1=CC2(C=CO1)OCc1cnc3ccccc3c12. The van der Waals surface area contributed by atoms with Gasteiger partial charge in [0.25, 0.3) is 0 Å². The summed E-state index contributed by atoms with van der Waals surface area (Å²) in [5.41, 5.74) is 2.83. The lowest BCUT2D eigenvalue weighted by Gasteiger charge is -2.24. The van der Waals surface area contributed by atoms with Gasteiger partial charge >= 0.3 is 0 Å². The van der Waals surface area contributed by atoms with Crippen LogP contribution in [-0.4, -0.2) is 4.98 Å². The van der Waals surface area contributed by atoms with Crippen LogP contribution in [0.15, 0.2) is 55.1 Å².